The van der Waals surface area contributed by atoms with Gasteiger partial charge in [0.1, 0.15) is 5.82 Å². The van der Waals surface area contributed by atoms with E-state index in [-0.39, 0.29) is 5.82 Å². The summed E-state index contributed by atoms with van der Waals surface area (Å²) in [6.07, 6.45) is 4.38. The lowest BCUT2D eigenvalue weighted by Crippen LogP contribution is -2.04. The fourth-order valence-electron chi connectivity index (χ4n) is 2.66. The standard InChI is InChI=1S/C17H13FO2/c18-14-5-7-16-13(10-14)4-3-12-9-11(1-6-15(12)16)2-8-17(19)20/h1-2,5-10H,3-4H2,(H,19,20)/b8-2+. The van der Waals surface area contributed by atoms with Crippen LogP contribution in [-0.4, -0.2) is 11.1 Å². The topological polar surface area (TPSA) is 37.3 Å². The molecule has 0 amide bonds. The van der Waals surface area contributed by atoms with Gasteiger partial charge in [-0.3, -0.25) is 0 Å². The van der Waals surface area contributed by atoms with Crippen LogP contribution >= 0.6 is 0 Å². The molecule has 0 aliphatic heterocycles. The first-order valence-electron chi connectivity index (χ1n) is 6.46. The van der Waals surface area contributed by atoms with Crippen LogP contribution in [0.15, 0.2) is 42.5 Å². The van der Waals surface area contributed by atoms with Gasteiger partial charge in [0, 0.05) is 6.08 Å². The maximum atomic E-state index is 13.2. The van der Waals surface area contributed by atoms with Crippen molar-refractivity contribution in [1.82, 2.24) is 0 Å². The third-order valence-corrected chi connectivity index (χ3v) is 3.57. The number of aryl methyl sites for hydroxylation is 2. The Kier molecular flexibility index (Phi) is 3.11. The average molecular weight is 268 g/mol. The van der Waals surface area contributed by atoms with Crippen LogP contribution in [0.2, 0.25) is 0 Å². The Labute approximate surface area is 116 Å². The van der Waals surface area contributed by atoms with Crippen LogP contribution in [-0.2, 0) is 17.6 Å². The van der Waals surface area contributed by atoms with Crippen molar-refractivity contribution in [3.8, 4) is 11.1 Å². The van der Waals surface area contributed by atoms with Crippen LogP contribution in [0.3, 0.4) is 0 Å². The molecule has 0 fully saturated rings. The maximum absolute atomic E-state index is 13.2. The number of carboxylic acid groups (broad SMARTS) is 1. The molecule has 0 spiro atoms. The second-order valence-corrected chi connectivity index (χ2v) is 4.89. The molecule has 1 aliphatic carbocycles. The minimum atomic E-state index is -0.955. The smallest absolute Gasteiger partial charge is 0.328 e. The third kappa shape index (κ3) is 2.35. The molecule has 0 aromatic heterocycles. The van der Waals surface area contributed by atoms with Gasteiger partial charge >= 0.3 is 5.97 Å². The Morgan fingerprint density at radius 2 is 1.70 bits per heavy atom. The molecule has 100 valence electrons. The number of rotatable bonds is 2. The number of benzene rings is 2. The summed E-state index contributed by atoms with van der Waals surface area (Å²) >= 11 is 0. The molecule has 0 saturated heterocycles. The summed E-state index contributed by atoms with van der Waals surface area (Å²) in [5.41, 5.74) is 5.26. The van der Waals surface area contributed by atoms with Crippen LogP contribution in [0.4, 0.5) is 4.39 Å². The van der Waals surface area contributed by atoms with E-state index in [1.165, 1.54) is 11.6 Å². The maximum Gasteiger partial charge on any atom is 0.328 e. The van der Waals surface area contributed by atoms with E-state index < -0.39 is 5.97 Å². The second-order valence-electron chi connectivity index (χ2n) is 4.89. The summed E-state index contributed by atoms with van der Waals surface area (Å²) in [6.45, 7) is 0. The molecule has 2 nitrogen and oxygen atoms in total. The minimum absolute atomic E-state index is 0.201. The van der Waals surface area contributed by atoms with Gasteiger partial charge in [-0.05, 0) is 58.9 Å². The monoisotopic (exact) mass is 268 g/mol. The molecule has 0 saturated carbocycles. The van der Waals surface area contributed by atoms with Gasteiger partial charge < -0.3 is 5.11 Å². The van der Waals surface area contributed by atoms with Crippen molar-refractivity contribution < 1.29 is 14.3 Å². The highest BCUT2D eigenvalue weighted by Crippen LogP contribution is 2.34. The number of hydrogen-bond acceptors (Lipinski definition) is 1. The summed E-state index contributed by atoms with van der Waals surface area (Å²) in [7, 11) is 0. The lowest BCUT2D eigenvalue weighted by molar-refractivity contribution is -0.131. The highest BCUT2D eigenvalue weighted by atomic mass is 19.1. The Bertz CT molecular complexity index is 717. The Morgan fingerprint density at radius 1 is 1.05 bits per heavy atom. The quantitative estimate of drug-likeness (QED) is 0.843. The zero-order valence-corrected chi connectivity index (χ0v) is 10.8. The molecule has 1 N–H and O–H groups in total. The van der Waals surface area contributed by atoms with Crippen molar-refractivity contribution in [3.05, 3.63) is 65.0 Å². The highest BCUT2D eigenvalue weighted by Gasteiger charge is 2.16. The van der Waals surface area contributed by atoms with Crippen LogP contribution in [0.1, 0.15) is 16.7 Å². The summed E-state index contributed by atoms with van der Waals surface area (Å²) < 4.78 is 13.2. The van der Waals surface area contributed by atoms with Gasteiger partial charge in [-0.1, -0.05) is 24.3 Å². The highest BCUT2D eigenvalue weighted by molar-refractivity contribution is 5.85. The van der Waals surface area contributed by atoms with E-state index in [2.05, 4.69) is 0 Å². The molecule has 0 radical (unpaired) electrons. The summed E-state index contributed by atoms with van der Waals surface area (Å²) in [5.74, 6) is -1.16. The number of aliphatic carboxylic acids is 1. The largest absolute Gasteiger partial charge is 0.478 e. The summed E-state index contributed by atoms with van der Waals surface area (Å²) in [6, 6.07) is 10.8. The first-order valence-corrected chi connectivity index (χ1v) is 6.46. The molecule has 0 atom stereocenters. The molecular formula is C17H13FO2. The molecule has 0 bridgehead atoms. The second kappa shape index (κ2) is 4.93. The van der Waals surface area contributed by atoms with Crippen molar-refractivity contribution in [2.45, 2.75) is 12.8 Å². The molecule has 3 rings (SSSR count). The SMILES string of the molecule is O=C(O)/C=C/c1ccc2c(c1)CCc1cc(F)ccc1-2. The van der Waals surface area contributed by atoms with E-state index in [1.54, 1.807) is 12.1 Å². The summed E-state index contributed by atoms with van der Waals surface area (Å²) in [4.78, 5) is 10.5. The van der Waals surface area contributed by atoms with Gasteiger partial charge in [0.05, 0.1) is 0 Å². The van der Waals surface area contributed by atoms with Gasteiger partial charge in [-0.2, -0.15) is 0 Å². The number of carboxylic acids is 1. The van der Waals surface area contributed by atoms with Gasteiger partial charge in [-0.25, -0.2) is 9.18 Å². The Morgan fingerprint density at radius 3 is 2.40 bits per heavy atom. The molecule has 3 heteroatoms. The Hall–Kier alpha value is -2.42. The van der Waals surface area contributed by atoms with Gasteiger partial charge in [0.15, 0.2) is 0 Å². The minimum Gasteiger partial charge on any atom is -0.478 e. The third-order valence-electron chi connectivity index (χ3n) is 3.57. The predicted molar refractivity (Wildman–Crippen MR) is 75.9 cm³/mol. The number of halogens is 1. The van der Waals surface area contributed by atoms with E-state index in [0.717, 1.165) is 41.2 Å². The first-order chi connectivity index (χ1) is 9.63. The van der Waals surface area contributed by atoms with E-state index in [4.69, 9.17) is 5.11 Å². The molecule has 1 aliphatic rings. The van der Waals surface area contributed by atoms with E-state index in [1.807, 2.05) is 24.3 Å². The summed E-state index contributed by atoms with van der Waals surface area (Å²) in [5, 5.41) is 8.65. The lowest BCUT2D eigenvalue weighted by atomic mass is 9.85. The zero-order valence-electron chi connectivity index (χ0n) is 10.8. The lowest BCUT2D eigenvalue weighted by Gasteiger charge is -2.20. The predicted octanol–water partition coefficient (Wildman–Crippen LogP) is 3.69. The van der Waals surface area contributed by atoms with Crippen LogP contribution in [0.25, 0.3) is 17.2 Å². The fourth-order valence-corrected chi connectivity index (χ4v) is 2.66. The molecular weight excluding hydrogens is 255 g/mol. The Balaban J connectivity index is 2.03. The van der Waals surface area contributed by atoms with Crippen molar-refractivity contribution in [3.63, 3.8) is 0 Å². The number of carbonyl (C=O) groups is 1. The molecule has 0 unspecified atom stereocenters. The molecule has 2 aromatic carbocycles. The van der Waals surface area contributed by atoms with E-state index in [0.29, 0.717) is 0 Å². The van der Waals surface area contributed by atoms with E-state index in [9.17, 15) is 9.18 Å². The molecule has 2 aromatic rings. The van der Waals surface area contributed by atoms with Gasteiger partial charge in [0.2, 0.25) is 0 Å². The van der Waals surface area contributed by atoms with Crippen molar-refractivity contribution in [2.24, 2.45) is 0 Å². The fraction of sp³-hybridized carbons (Fsp3) is 0.118. The average Bonchev–Trinajstić information content (AvgIpc) is 2.44. The van der Waals surface area contributed by atoms with Gasteiger partial charge in [-0.15, -0.1) is 0 Å². The van der Waals surface area contributed by atoms with Crippen molar-refractivity contribution >= 4 is 12.0 Å². The van der Waals surface area contributed by atoms with Crippen molar-refractivity contribution in [1.29, 1.82) is 0 Å². The number of fused-ring (bicyclic) bond motifs is 3. The van der Waals surface area contributed by atoms with Gasteiger partial charge in [0.25, 0.3) is 0 Å². The molecule has 20 heavy (non-hydrogen) atoms. The number of hydrogen-bond donors (Lipinski definition) is 1. The van der Waals surface area contributed by atoms with Crippen LogP contribution in [0.5, 0.6) is 0 Å². The van der Waals surface area contributed by atoms with Crippen LogP contribution in [0, 0.1) is 5.82 Å². The molecule has 0 heterocycles. The van der Waals surface area contributed by atoms with Crippen molar-refractivity contribution in [2.75, 3.05) is 0 Å². The van der Waals surface area contributed by atoms with E-state index >= 15 is 0 Å². The first kappa shape index (κ1) is 12.6. The normalized spacial score (nSPS) is 13.1. The zero-order chi connectivity index (χ0) is 14.1. The van der Waals surface area contributed by atoms with Crippen LogP contribution < -0.4 is 0 Å².